The van der Waals surface area contributed by atoms with Gasteiger partial charge in [0.2, 0.25) is 0 Å². The van der Waals surface area contributed by atoms with Crippen LogP contribution in [0.4, 0.5) is 0 Å². The molecule has 4 rings (SSSR count). The molecule has 0 aromatic carbocycles. The zero-order valence-corrected chi connectivity index (χ0v) is 7.49. The minimum absolute atomic E-state index is 0. The maximum atomic E-state index is 2.47. The van der Waals surface area contributed by atoms with Gasteiger partial charge in [0.15, 0.2) is 0 Å². The molecule has 0 radical (unpaired) electrons. The third kappa shape index (κ3) is 1.22. The van der Waals surface area contributed by atoms with Crippen molar-refractivity contribution < 1.29 is 17.1 Å². The molecule has 0 saturated carbocycles. The van der Waals surface area contributed by atoms with Gasteiger partial charge in [-0.3, -0.25) is 19.6 Å². The first-order valence-corrected chi connectivity index (χ1v) is 3.79. The molecule has 4 saturated heterocycles. The zero-order valence-electron chi connectivity index (χ0n) is 6.39. The van der Waals surface area contributed by atoms with E-state index in [4.69, 9.17) is 0 Å². The molecular weight excluding hydrogens is 184 g/mol. The average Bonchev–Trinajstić information content (AvgIpc) is 1.82. The minimum atomic E-state index is 0. The summed E-state index contributed by atoms with van der Waals surface area (Å²) in [6.07, 6.45) is 0. The Hall–Kier alpha value is 0.359. The summed E-state index contributed by atoms with van der Waals surface area (Å²) < 4.78 is 0. The molecule has 64 valence electrons. The van der Waals surface area contributed by atoms with Crippen LogP contribution in [-0.4, -0.2) is 59.6 Å². The predicted molar refractivity (Wildman–Crippen MR) is 36.6 cm³/mol. The summed E-state index contributed by atoms with van der Waals surface area (Å²) in [5, 5.41) is 0. The third-order valence-electron chi connectivity index (χ3n) is 2.40. The van der Waals surface area contributed by atoms with Crippen LogP contribution in [0.25, 0.3) is 0 Å². The van der Waals surface area contributed by atoms with Crippen LogP contribution in [0.3, 0.4) is 0 Å². The molecule has 0 unspecified atom stereocenters. The summed E-state index contributed by atoms with van der Waals surface area (Å²) in [4.78, 5) is 9.88. The fourth-order valence-corrected chi connectivity index (χ4v) is 2.23. The van der Waals surface area contributed by atoms with Gasteiger partial charge in [-0.15, -0.1) is 0 Å². The van der Waals surface area contributed by atoms with Gasteiger partial charge in [-0.25, -0.2) is 0 Å². The summed E-state index contributed by atoms with van der Waals surface area (Å²) >= 11 is 0. The smallest absolute Gasteiger partial charge is 0.0555 e. The Morgan fingerprint density at radius 3 is 0.818 bits per heavy atom. The molecule has 0 aromatic rings. The van der Waals surface area contributed by atoms with Crippen molar-refractivity contribution in [1.82, 2.24) is 19.6 Å². The van der Waals surface area contributed by atoms with Crippen molar-refractivity contribution in [2.45, 2.75) is 0 Å². The first-order valence-electron chi connectivity index (χ1n) is 3.79. The Labute approximate surface area is 77.2 Å². The van der Waals surface area contributed by atoms with Gasteiger partial charge in [0.05, 0.1) is 40.0 Å². The molecule has 5 heteroatoms. The van der Waals surface area contributed by atoms with E-state index in [0.29, 0.717) is 0 Å². The van der Waals surface area contributed by atoms with Crippen LogP contribution >= 0.6 is 0 Å². The molecule has 0 N–H and O–H groups in total. The molecule has 0 amide bonds. The van der Waals surface area contributed by atoms with Gasteiger partial charge in [-0.1, -0.05) is 0 Å². The van der Waals surface area contributed by atoms with E-state index in [1.165, 1.54) is 40.0 Å². The van der Waals surface area contributed by atoms with Crippen molar-refractivity contribution in [1.29, 1.82) is 0 Å². The van der Waals surface area contributed by atoms with Crippen molar-refractivity contribution >= 4 is 0 Å². The molecule has 4 fully saturated rings. The maximum Gasteiger partial charge on any atom is 0.0555 e. The number of hydrogen-bond donors (Lipinski definition) is 0. The fraction of sp³-hybridized carbons (Fsp3) is 1.00. The van der Waals surface area contributed by atoms with Crippen molar-refractivity contribution in [3.05, 3.63) is 0 Å². The van der Waals surface area contributed by atoms with Crippen LogP contribution in [0.1, 0.15) is 0 Å². The number of hydrogen-bond acceptors (Lipinski definition) is 4. The summed E-state index contributed by atoms with van der Waals surface area (Å²) in [7, 11) is 0. The van der Waals surface area contributed by atoms with Crippen molar-refractivity contribution in [3.63, 3.8) is 0 Å². The Morgan fingerprint density at radius 2 is 0.636 bits per heavy atom. The van der Waals surface area contributed by atoms with E-state index in [1.54, 1.807) is 0 Å². The second kappa shape index (κ2) is 2.69. The first kappa shape index (κ1) is 7.98. The predicted octanol–water partition coefficient (Wildman–Crippen LogP) is -1.02. The van der Waals surface area contributed by atoms with E-state index in [1.807, 2.05) is 0 Å². The van der Waals surface area contributed by atoms with Crippen molar-refractivity contribution in [2.24, 2.45) is 0 Å². The third-order valence-corrected chi connectivity index (χ3v) is 2.40. The number of rotatable bonds is 0. The monoisotopic (exact) mass is 196 g/mol. The van der Waals surface area contributed by atoms with Crippen LogP contribution in [0.2, 0.25) is 0 Å². The van der Waals surface area contributed by atoms with Crippen LogP contribution < -0.4 is 0 Å². The molecular formula is C6H12FeN4. The summed E-state index contributed by atoms with van der Waals surface area (Å²) in [5.74, 6) is 0. The second-order valence-electron chi connectivity index (χ2n) is 3.53. The van der Waals surface area contributed by atoms with Gasteiger partial charge in [-0.2, -0.15) is 0 Å². The minimum Gasteiger partial charge on any atom is -0.264 e. The molecule has 0 aliphatic carbocycles. The maximum absolute atomic E-state index is 2.47. The molecule has 0 atom stereocenters. The Balaban J connectivity index is 0.000000480. The molecule has 4 heterocycles. The largest absolute Gasteiger partial charge is 0.264 e. The van der Waals surface area contributed by atoms with E-state index in [9.17, 15) is 0 Å². The Bertz CT molecular complexity index is 106. The summed E-state index contributed by atoms with van der Waals surface area (Å²) in [6.45, 7) is 7.12. The molecule has 4 aliphatic heterocycles. The van der Waals surface area contributed by atoms with Gasteiger partial charge in [0, 0.05) is 17.1 Å². The average molecular weight is 196 g/mol. The second-order valence-corrected chi connectivity index (χ2v) is 3.53. The van der Waals surface area contributed by atoms with Crippen molar-refractivity contribution in [2.75, 3.05) is 40.0 Å². The van der Waals surface area contributed by atoms with Crippen LogP contribution in [0.5, 0.6) is 0 Å². The molecule has 0 spiro atoms. The van der Waals surface area contributed by atoms with Gasteiger partial charge in [0.25, 0.3) is 0 Å². The van der Waals surface area contributed by atoms with Gasteiger partial charge >= 0.3 is 0 Å². The van der Waals surface area contributed by atoms with E-state index in [-0.39, 0.29) is 17.1 Å². The van der Waals surface area contributed by atoms with Crippen LogP contribution in [0.15, 0.2) is 0 Å². The topological polar surface area (TPSA) is 13.0 Å². The first-order chi connectivity index (χ1) is 4.90. The Morgan fingerprint density at radius 1 is 0.455 bits per heavy atom. The van der Waals surface area contributed by atoms with Gasteiger partial charge < -0.3 is 0 Å². The zero-order chi connectivity index (χ0) is 6.55. The SMILES string of the molecule is C1N2CN3CN1CN(C2)C3.[Fe]. The van der Waals surface area contributed by atoms with E-state index >= 15 is 0 Å². The van der Waals surface area contributed by atoms with Crippen LogP contribution in [0, 0.1) is 0 Å². The summed E-state index contributed by atoms with van der Waals surface area (Å²) in [6, 6.07) is 0. The van der Waals surface area contributed by atoms with Crippen LogP contribution in [-0.2, 0) is 17.1 Å². The summed E-state index contributed by atoms with van der Waals surface area (Å²) in [5.41, 5.74) is 0. The van der Waals surface area contributed by atoms with E-state index < -0.39 is 0 Å². The number of nitrogens with zero attached hydrogens (tertiary/aromatic N) is 4. The van der Waals surface area contributed by atoms with Gasteiger partial charge in [-0.05, 0) is 0 Å². The standard InChI is InChI=1S/C6H12N4.Fe/c1-7-2-9-4-8(1)5-10(3-7)6-9;/h1-6H2;. The molecule has 4 bridgehead atoms. The normalized spacial score (nSPS) is 52.4. The van der Waals surface area contributed by atoms with Gasteiger partial charge in [0.1, 0.15) is 0 Å². The quantitative estimate of drug-likeness (QED) is 0.459. The molecule has 11 heavy (non-hydrogen) atoms. The van der Waals surface area contributed by atoms with Crippen molar-refractivity contribution in [3.8, 4) is 0 Å². The molecule has 0 aromatic heterocycles. The molecule has 4 aliphatic rings. The fourth-order valence-electron chi connectivity index (χ4n) is 2.23. The van der Waals surface area contributed by atoms with E-state index in [2.05, 4.69) is 19.6 Å². The van der Waals surface area contributed by atoms with E-state index in [0.717, 1.165) is 0 Å². The Kier molecular flexibility index (Phi) is 1.95. The molecule has 4 nitrogen and oxygen atoms in total.